The second-order valence-corrected chi connectivity index (χ2v) is 7.07. The van der Waals surface area contributed by atoms with Gasteiger partial charge in [-0.15, -0.1) is 0 Å². The van der Waals surface area contributed by atoms with E-state index in [1.807, 2.05) is 24.3 Å². The van der Waals surface area contributed by atoms with Gasteiger partial charge in [0.25, 0.3) is 5.91 Å². The van der Waals surface area contributed by atoms with E-state index in [1.54, 1.807) is 0 Å². The predicted octanol–water partition coefficient (Wildman–Crippen LogP) is 4.66. The molecule has 2 aromatic rings. The first-order valence-corrected chi connectivity index (χ1v) is 8.90. The molecule has 0 aromatic heterocycles. The molecule has 0 fully saturated rings. The molecule has 0 saturated heterocycles. The van der Waals surface area contributed by atoms with Crippen LogP contribution in [0.2, 0.25) is 0 Å². The van der Waals surface area contributed by atoms with E-state index in [4.69, 9.17) is 0 Å². The van der Waals surface area contributed by atoms with Crippen LogP contribution in [0.4, 0.5) is 0 Å². The molecule has 0 spiro atoms. The van der Waals surface area contributed by atoms with E-state index in [9.17, 15) is 4.79 Å². The lowest BCUT2D eigenvalue weighted by Crippen LogP contribution is -2.27. The van der Waals surface area contributed by atoms with Gasteiger partial charge in [0.1, 0.15) is 0 Å². The number of halogens is 1. The van der Waals surface area contributed by atoms with E-state index in [1.165, 1.54) is 42.4 Å². The fourth-order valence-electron chi connectivity index (χ4n) is 3.03. The Morgan fingerprint density at radius 2 is 1.82 bits per heavy atom. The number of benzene rings is 2. The van der Waals surface area contributed by atoms with E-state index < -0.39 is 0 Å². The zero-order chi connectivity index (χ0) is 15.5. The molecular weight excluding hydrogens is 385 g/mol. The highest BCUT2D eigenvalue weighted by molar-refractivity contribution is 14.1. The number of hydrogen-bond donors (Lipinski definition) is 1. The van der Waals surface area contributed by atoms with Crippen molar-refractivity contribution in [3.05, 3.63) is 68.3 Å². The number of carbonyl (C=O) groups is 1. The highest BCUT2D eigenvalue weighted by Crippen LogP contribution is 2.25. The van der Waals surface area contributed by atoms with Gasteiger partial charge in [0, 0.05) is 3.57 Å². The molecule has 1 N–H and O–H groups in total. The van der Waals surface area contributed by atoms with Gasteiger partial charge in [-0.3, -0.25) is 4.79 Å². The largest absolute Gasteiger partial charge is 0.345 e. The maximum Gasteiger partial charge on any atom is 0.252 e. The maximum absolute atomic E-state index is 12.4. The first-order valence-electron chi connectivity index (χ1n) is 7.82. The summed E-state index contributed by atoms with van der Waals surface area (Å²) in [6.45, 7) is 2.05. The van der Waals surface area contributed by atoms with Crippen molar-refractivity contribution in [2.75, 3.05) is 0 Å². The number of nitrogens with one attached hydrogen (secondary N) is 1. The molecule has 1 atom stereocenters. The second kappa shape index (κ2) is 6.82. The van der Waals surface area contributed by atoms with Gasteiger partial charge >= 0.3 is 0 Å². The van der Waals surface area contributed by atoms with Crippen molar-refractivity contribution in [3.63, 3.8) is 0 Å². The van der Waals surface area contributed by atoms with Gasteiger partial charge in [0.05, 0.1) is 11.6 Å². The number of rotatable bonds is 3. The van der Waals surface area contributed by atoms with Crippen LogP contribution < -0.4 is 5.32 Å². The van der Waals surface area contributed by atoms with Gasteiger partial charge < -0.3 is 5.32 Å². The lowest BCUT2D eigenvalue weighted by atomic mass is 9.89. The summed E-state index contributed by atoms with van der Waals surface area (Å²) in [7, 11) is 0. The smallest absolute Gasteiger partial charge is 0.252 e. The molecule has 1 amide bonds. The van der Waals surface area contributed by atoms with E-state index in [0.717, 1.165) is 9.13 Å². The molecule has 0 heterocycles. The molecule has 0 radical (unpaired) electrons. The molecule has 3 rings (SSSR count). The van der Waals surface area contributed by atoms with Gasteiger partial charge in [0.2, 0.25) is 0 Å². The summed E-state index contributed by atoms with van der Waals surface area (Å²) in [6, 6.07) is 14.4. The normalized spacial score (nSPS) is 15.0. The standard InChI is InChI=1S/C19H20INO/c1-13(21-19(22)17-8-4-5-9-18(17)20)15-11-10-14-6-2-3-7-16(14)12-15/h4-5,8-13H,2-3,6-7H2,1H3,(H,21,22)/t13-/m1/s1. The SMILES string of the molecule is C[C@@H](NC(=O)c1ccccc1I)c1ccc2c(c1)CCCC2. The van der Waals surface area contributed by atoms with Crippen molar-refractivity contribution in [3.8, 4) is 0 Å². The van der Waals surface area contributed by atoms with Crippen LogP contribution in [-0.2, 0) is 12.8 Å². The summed E-state index contributed by atoms with van der Waals surface area (Å²) >= 11 is 2.20. The predicted molar refractivity (Wildman–Crippen MR) is 98.1 cm³/mol. The topological polar surface area (TPSA) is 29.1 Å². The van der Waals surface area contributed by atoms with Crippen LogP contribution in [0, 0.1) is 3.57 Å². The third-order valence-electron chi connectivity index (χ3n) is 4.34. The quantitative estimate of drug-likeness (QED) is 0.740. The van der Waals surface area contributed by atoms with E-state index in [2.05, 4.69) is 53.0 Å². The van der Waals surface area contributed by atoms with Crippen molar-refractivity contribution in [1.82, 2.24) is 5.32 Å². The zero-order valence-electron chi connectivity index (χ0n) is 12.7. The molecule has 2 nitrogen and oxygen atoms in total. The summed E-state index contributed by atoms with van der Waals surface area (Å²) in [5.41, 5.74) is 4.87. The minimum atomic E-state index is -0.00443. The van der Waals surface area contributed by atoms with Gasteiger partial charge in [-0.25, -0.2) is 0 Å². The van der Waals surface area contributed by atoms with Crippen LogP contribution in [0.1, 0.15) is 52.9 Å². The Morgan fingerprint density at radius 1 is 1.09 bits per heavy atom. The van der Waals surface area contributed by atoms with Gasteiger partial charge in [-0.1, -0.05) is 30.3 Å². The number of fused-ring (bicyclic) bond motifs is 1. The Kier molecular flexibility index (Phi) is 4.81. The van der Waals surface area contributed by atoms with Crippen molar-refractivity contribution in [1.29, 1.82) is 0 Å². The molecule has 0 unspecified atom stereocenters. The van der Waals surface area contributed by atoms with Crippen LogP contribution in [0.5, 0.6) is 0 Å². The van der Waals surface area contributed by atoms with Crippen LogP contribution in [0.15, 0.2) is 42.5 Å². The van der Waals surface area contributed by atoms with Crippen LogP contribution in [0.3, 0.4) is 0 Å². The number of carbonyl (C=O) groups excluding carboxylic acids is 1. The Balaban J connectivity index is 1.76. The molecule has 0 bridgehead atoms. The zero-order valence-corrected chi connectivity index (χ0v) is 14.9. The van der Waals surface area contributed by atoms with Gasteiger partial charge in [0.15, 0.2) is 0 Å². The summed E-state index contributed by atoms with van der Waals surface area (Å²) in [5, 5.41) is 3.12. The van der Waals surface area contributed by atoms with Crippen molar-refractivity contribution in [2.45, 2.75) is 38.6 Å². The molecule has 2 aromatic carbocycles. The average molecular weight is 405 g/mol. The minimum absolute atomic E-state index is 0.00443. The van der Waals surface area contributed by atoms with E-state index >= 15 is 0 Å². The highest BCUT2D eigenvalue weighted by atomic mass is 127. The Bertz CT molecular complexity index is 696. The minimum Gasteiger partial charge on any atom is -0.345 e. The summed E-state index contributed by atoms with van der Waals surface area (Å²) in [5.74, 6) is -0.00443. The molecule has 22 heavy (non-hydrogen) atoms. The summed E-state index contributed by atoms with van der Waals surface area (Å²) < 4.78 is 0.982. The van der Waals surface area contributed by atoms with Gasteiger partial charge in [-0.2, -0.15) is 0 Å². The second-order valence-electron chi connectivity index (χ2n) is 5.91. The van der Waals surface area contributed by atoms with Crippen molar-refractivity contribution < 1.29 is 4.79 Å². The number of amides is 1. The number of hydrogen-bond acceptors (Lipinski definition) is 1. The molecular formula is C19H20INO. The summed E-state index contributed by atoms with van der Waals surface area (Å²) in [6.07, 6.45) is 4.93. The summed E-state index contributed by atoms with van der Waals surface area (Å²) in [4.78, 5) is 12.4. The molecule has 0 saturated carbocycles. The molecule has 3 heteroatoms. The van der Waals surface area contributed by atoms with Crippen molar-refractivity contribution >= 4 is 28.5 Å². The van der Waals surface area contributed by atoms with Crippen LogP contribution >= 0.6 is 22.6 Å². The van der Waals surface area contributed by atoms with Crippen LogP contribution in [-0.4, -0.2) is 5.91 Å². The molecule has 0 aliphatic heterocycles. The Hall–Kier alpha value is -1.36. The first-order chi connectivity index (χ1) is 10.6. The third-order valence-corrected chi connectivity index (χ3v) is 5.28. The van der Waals surface area contributed by atoms with Crippen molar-refractivity contribution in [2.24, 2.45) is 0 Å². The van der Waals surface area contributed by atoms with Crippen LogP contribution in [0.25, 0.3) is 0 Å². The lowest BCUT2D eigenvalue weighted by molar-refractivity contribution is 0.0939. The maximum atomic E-state index is 12.4. The van der Waals surface area contributed by atoms with E-state index in [0.29, 0.717) is 0 Å². The Labute approximate surface area is 145 Å². The van der Waals surface area contributed by atoms with E-state index in [-0.39, 0.29) is 11.9 Å². The molecule has 114 valence electrons. The third kappa shape index (κ3) is 3.35. The monoisotopic (exact) mass is 405 g/mol. The molecule has 1 aliphatic carbocycles. The van der Waals surface area contributed by atoms with Gasteiger partial charge in [-0.05, 0) is 84.0 Å². The lowest BCUT2D eigenvalue weighted by Gasteiger charge is -2.20. The fourth-order valence-corrected chi connectivity index (χ4v) is 3.66. The average Bonchev–Trinajstić information content (AvgIpc) is 2.54. The number of aryl methyl sites for hydroxylation is 2. The fraction of sp³-hybridized carbons (Fsp3) is 0.316. The Morgan fingerprint density at radius 3 is 2.59 bits per heavy atom. The highest BCUT2D eigenvalue weighted by Gasteiger charge is 2.16. The first kappa shape index (κ1) is 15.5. The molecule has 1 aliphatic rings.